The number of hydrogen-bond acceptors (Lipinski definition) is 4. The van der Waals surface area contributed by atoms with E-state index >= 15 is 0 Å². The molecular weight excluding hydrogens is 284 g/mol. The average Bonchev–Trinajstić information content (AvgIpc) is 2.59. The molecule has 0 aromatic heterocycles. The summed E-state index contributed by atoms with van der Waals surface area (Å²) in [5.74, 6) is -1.07. The third kappa shape index (κ3) is 3.28. The first-order valence-electron chi connectivity index (χ1n) is 7.60. The van der Waals surface area contributed by atoms with E-state index in [1.807, 2.05) is 18.2 Å². The van der Waals surface area contributed by atoms with Gasteiger partial charge in [-0.2, -0.15) is 0 Å². The molecule has 1 saturated heterocycles. The Morgan fingerprint density at radius 1 is 1.18 bits per heavy atom. The van der Waals surface area contributed by atoms with Crippen molar-refractivity contribution in [3.8, 4) is 0 Å². The van der Waals surface area contributed by atoms with Crippen molar-refractivity contribution in [1.82, 2.24) is 10.2 Å². The van der Waals surface area contributed by atoms with Crippen LogP contribution in [-0.4, -0.2) is 56.2 Å². The van der Waals surface area contributed by atoms with Gasteiger partial charge in [0, 0.05) is 19.6 Å². The number of morpholine rings is 1. The standard InChI is InChI=1S/C16H20N2O4/c19-15(16(20)18-6-9-21-10-7-18)17-11-14-13-4-2-1-3-12(13)5-8-22-14/h1-4,14H,5-11H2,(H,17,19)/t14-/m1/s1. The molecule has 0 aliphatic carbocycles. The maximum Gasteiger partial charge on any atom is 0.312 e. The molecule has 0 saturated carbocycles. The molecule has 0 spiro atoms. The van der Waals surface area contributed by atoms with Crippen molar-refractivity contribution in [3.63, 3.8) is 0 Å². The number of carbonyl (C=O) groups excluding carboxylic acids is 2. The lowest BCUT2D eigenvalue weighted by Crippen LogP contribution is -2.48. The molecule has 1 atom stereocenters. The minimum absolute atomic E-state index is 0.189. The van der Waals surface area contributed by atoms with E-state index in [4.69, 9.17) is 9.47 Å². The van der Waals surface area contributed by atoms with E-state index in [1.165, 1.54) is 10.5 Å². The number of carbonyl (C=O) groups is 2. The minimum atomic E-state index is -0.575. The molecule has 1 aromatic carbocycles. The highest BCUT2D eigenvalue weighted by Crippen LogP contribution is 2.26. The number of amides is 2. The van der Waals surface area contributed by atoms with Crippen LogP contribution < -0.4 is 5.32 Å². The van der Waals surface area contributed by atoms with Crippen LogP contribution in [0.4, 0.5) is 0 Å². The van der Waals surface area contributed by atoms with Crippen LogP contribution >= 0.6 is 0 Å². The summed E-state index contributed by atoms with van der Waals surface area (Å²) in [5.41, 5.74) is 2.33. The van der Waals surface area contributed by atoms with Crippen molar-refractivity contribution in [2.75, 3.05) is 39.5 Å². The normalized spacial score (nSPS) is 21.1. The Bertz CT molecular complexity index is 555. The summed E-state index contributed by atoms with van der Waals surface area (Å²) in [6.45, 7) is 2.85. The number of ether oxygens (including phenoxy) is 2. The van der Waals surface area contributed by atoms with E-state index < -0.39 is 11.8 Å². The lowest BCUT2D eigenvalue weighted by atomic mass is 9.97. The van der Waals surface area contributed by atoms with Gasteiger partial charge in [-0.15, -0.1) is 0 Å². The topological polar surface area (TPSA) is 67.9 Å². The molecule has 1 N–H and O–H groups in total. The molecular formula is C16H20N2O4. The van der Waals surface area contributed by atoms with Gasteiger partial charge in [0.05, 0.1) is 19.8 Å². The van der Waals surface area contributed by atoms with E-state index in [0.29, 0.717) is 39.5 Å². The summed E-state index contributed by atoms with van der Waals surface area (Å²) in [5, 5.41) is 2.69. The van der Waals surface area contributed by atoms with Gasteiger partial charge in [0.25, 0.3) is 0 Å². The van der Waals surface area contributed by atoms with Crippen LogP contribution in [0.3, 0.4) is 0 Å². The quantitative estimate of drug-likeness (QED) is 0.797. The number of nitrogens with zero attached hydrogens (tertiary/aromatic N) is 1. The number of fused-ring (bicyclic) bond motifs is 1. The first kappa shape index (κ1) is 15.0. The number of hydrogen-bond donors (Lipinski definition) is 1. The van der Waals surface area contributed by atoms with Crippen LogP contribution in [0.1, 0.15) is 17.2 Å². The fourth-order valence-corrected chi connectivity index (χ4v) is 2.82. The van der Waals surface area contributed by atoms with Gasteiger partial charge in [0.2, 0.25) is 0 Å². The molecule has 2 aliphatic heterocycles. The monoisotopic (exact) mass is 304 g/mol. The number of nitrogens with one attached hydrogen (secondary N) is 1. The van der Waals surface area contributed by atoms with Crippen LogP contribution in [0.15, 0.2) is 24.3 Å². The van der Waals surface area contributed by atoms with Gasteiger partial charge in [0.15, 0.2) is 0 Å². The van der Waals surface area contributed by atoms with E-state index in [0.717, 1.165) is 12.0 Å². The highest BCUT2D eigenvalue weighted by Gasteiger charge is 2.26. The van der Waals surface area contributed by atoms with Crippen LogP contribution in [0.2, 0.25) is 0 Å². The van der Waals surface area contributed by atoms with E-state index in [9.17, 15) is 9.59 Å². The third-order valence-electron chi connectivity index (χ3n) is 4.03. The van der Waals surface area contributed by atoms with E-state index in [-0.39, 0.29) is 6.10 Å². The molecule has 2 aliphatic rings. The van der Waals surface area contributed by atoms with Crippen molar-refractivity contribution in [2.45, 2.75) is 12.5 Å². The Morgan fingerprint density at radius 2 is 1.95 bits per heavy atom. The van der Waals surface area contributed by atoms with Crippen LogP contribution in [0.5, 0.6) is 0 Å². The van der Waals surface area contributed by atoms with Gasteiger partial charge < -0.3 is 19.7 Å². The van der Waals surface area contributed by atoms with Gasteiger partial charge in [-0.1, -0.05) is 24.3 Å². The maximum absolute atomic E-state index is 12.0. The molecule has 6 nitrogen and oxygen atoms in total. The zero-order valence-electron chi connectivity index (χ0n) is 12.4. The smallest absolute Gasteiger partial charge is 0.312 e. The SMILES string of the molecule is O=C(NC[C@H]1OCCc2ccccc21)C(=O)N1CCOCC1. The predicted octanol–water partition coefficient (Wildman–Crippen LogP) is 0.275. The van der Waals surface area contributed by atoms with E-state index in [1.54, 1.807) is 0 Å². The Kier molecular flexibility index (Phi) is 4.70. The molecule has 0 unspecified atom stereocenters. The highest BCUT2D eigenvalue weighted by atomic mass is 16.5. The van der Waals surface area contributed by atoms with Crippen molar-refractivity contribution in [1.29, 1.82) is 0 Å². The van der Waals surface area contributed by atoms with E-state index in [2.05, 4.69) is 11.4 Å². The molecule has 2 heterocycles. The minimum Gasteiger partial charge on any atom is -0.378 e. The second-order valence-corrected chi connectivity index (χ2v) is 5.42. The largest absolute Gasteiger partial charge is 0.378 e. The summed E-state index contributed by atoms with van der Waals surface area (Å²) >= 11 is 0. The first-order valence-corrected chi connectivity index (χ1v) is 7.60. The first-order chi connectivity index (χ1) is 10.8. The zero-order chi connectivity index (χ0) is 15.4. The molecule has 3 rings (SSSR count). The zero-order valence-corrected chi connectivity index (χ0v) is 12.4. The molecule has 1 aromatic rings. The molecule has 2 amide bonds. The molecule has 0 radical (unpaired) electrons. The predicted molar refractivity (Wildman–Crippen MR) is 79.2 cm³/mol. The third-order valence-corrected chi connectivity index (χ3v) is 4.03. The average molecular weight is 304 g/mol. The van der Waals surface area contributed by atoms with Gasteiger partial charge in [-0.3, -0.25) is 9.59 Å². The highest BCUT2D eigenvalue weighted by molar-refractivity contribution is 6.35. The fraction of sp³-hybridized carbons (Fsp3) is 0.500. The summed E-state index contributed by atoms with van der Waals surface area (Å²) in [6, 6.07) is 8.05. The number of rotatable bonds is 2. The van der Waals surface area contributed by atoms with Crippen molar-refractivity contribution in [3.05, 3.63) is 35.4 Å². The summed E-state index contributed by atoms with van der Waals surface area (Å²) in [4.78, 5) is 25.6. The fourth-order valence-electron chi connectivity index (χ4n) is 2.82. The maximum atomic E-state index is 12.0. The molecule has 6 heteroatoms. The van der Waals surface area contributed by atoms with Crippen molar-refractivity contribution in [2.24, 2.45) is 0 Å². The molecule has 1 fully saturated rings. The van der Waals surface area contributed by atoms with Gasteiger partial charge >= 0.3 is 11.8 Å². The van der Waals surface area contributed by atoms with Crippen molar-refractivity contribution < 1.29 is 19.1 Å². The second-order valence-electron chi connectivity index (χ2n) is 5.42. The van der Waals surface area contributed by atoms with Gasteiger partial charge in [0.1, 0.15) is 6.10 Å². The summed E-state index contributed by atoms with van der Waals surface area (Å²) in [6.07, 6.45) is 0.694. The Labute approximate surface area is 129 Å². The molecule has 118 valence electrons. The lowest BCUT2D eigenvalue weighted by Gasteiger charge is -2.28. The lowest BCUT2D eigenvalue weighted by molar-refractivity contribution is -0.148. The Hall–Kier alpha value is -1.92. The van der Waals surface area contributed by atoms with Crippen LogP contribution in [0.25, 0.3) is 0 Å². The second kappa shape index (κ2) is 6.89. The Balaban J connectivity index is 1.56. The number of benzene rings is 1. The van der Waals surface area contributed by atoms with Crippen LogP contribution in [0, 0.1) is 0 Å². The summed E-state index contributed by atoms with van der Waals surface area (Å²) < 4.78 is 10.9. The van der Waals surface area contributed by atoms with Crippen molar-refractivity contribution >= 4 is 11.8 Å². The Morgan fingerprint density at radius 3 is 2.77 bits per heavy atom. The molecule has 22 heavy (non-hydrogen) atoms. The van der Waals surface area contributed by atoms with Gasteiger partial charge in [-0.05, 0) is 17.5 Å². The van der Waals surface area contributed by atoms with Gasteiger partial charge in [-0.25, -0.2) is 0 Å². The molecule has 0 bridgehead atoms. The summed E-state index contributed by atoms with van der Waals surface area (Å²) in [7, 11) is 0. The van der Waals surface area contributed by atoms with Crippen LogP contribution in [-0.2, 0) is 25.5 Å².